The molecule has 3 fully saturated rings. The van der Waals surface area contributed by atoms with Gasteiger partial charge >= 0.3 is 0 Å². The Hall–Kier alpha value is -3.44. The lowest BCUT2D eigenvalue weighted by Gasteiger charge is -2.40. The van der Waals surface area contributed by atoms with Crippen molar-refractivity contribution in [2.24, 2.45) is 24.0 Å². The van der Waals surface area contributed by atoms with E-state index in [0.29, 0.717) is 48.8 Å². The van der Waals surface area contributed by atoms with Gasteiger partial charge in [0.05, 0.1) is 24.7 Å². The van der Waals surface area contributed by atoms with Gasteiger partial charge in [-0.25, -0.2) is 8.78 Å². The van der Waals surface area contributed by atoms with Crippen LogP contribution in [-0.2, 0) is 18.3 Å². The van der Waals surface area contributed by atoms with Crippen LogP contribution in [0.15, 0.2) is 40.9 Å². The second-order valence-corrected chi connectivity index (χ2v) is 14.6. The van der Waals surface area contributed by atoms with Gasteiger partial charge in [0.25, 0.3) is 6.43 Å². The average molecular weight is 646 g/mol. The second kappa shape index (κ2) is 12.5. The summed E-state index contributed by atoms with van der Waals surface area (Å²) >= 11 is 0. The molecule has 2 bridgehead atoms. The molecule has 47 heavy (non-hydrogen) atoms. The number of benzene rings is 1. The summed E-state index contributed by atoms with van der Waals surface area (Å²) in [6, 6.07) is 4.89. The fraction of sp³-hybridized carbons (Fsp3) is 0.611. The lowest BCUT2D eigenvalue weighted by atomic mass is 9.89. The summed E-state index contributed by atoms with van der Waals surface area (Å²) in [4.78, 5) is 19.4. The minimum absolute atomic E-state index is 0.0144. The minimum atomic E-state index is -2.62. The first kappa shape index (κ1) is 30.9. The number of aromatic nitrogens is 2. The molecule has 0 radical (unpaired) electrons. The quantitative estimate of drug-likeness (QED) is 0.467. The predicted octanol–water partition coefficient (Wildman–Crippen LogP) is 4.94. The van der Waals surface area contributed by atoms with Gasteiger partial charge in [-0.15, -0.1) is 0 Å². The molecular formula is C36H47F2N8O+. The molecule has 6 aliphatic heterocycles. The average Bonchev–Trinajstić information content (AvgIpc) is 3.73. The summed E-state index contributed by atoms with van der Waals surface area (Å²) in [5.41, 5.74) is 5.32. The van der Waals surface area contributed by atoms with E-state index in [9.17, 15) is 13.6 Å². The molecule has 9 nitrogen and oxygen atoms in total. The minimum Gasteiger partial charge on any atom is -0.338 e. The first-order valence-electron chi connectivity index (χ1n) is 17.7. The normalized spacial score (nSPS) is 27.6. The van der Waals surface area contributed by atoms with E-state index in [1.807, 2.05) is 11.0 Å². The third kappa shape index (κ3) is 5.83. The number of hydrogen-bond acceptors (Lipinski definition) is 6. The molecule has 1 aromatic carbocycles. The summed E-state index contributed by atoms with van der Waals surface area (Å²) in [5.74, 6) is 2.11. The molecule has 7 heterocycles. The molecule has 11 heteroatoms. The number of amides is 1. The van der Waals surface area contributed by atoms with Crippen molar-refractivity contribution in [2.75, 3.05) is 44.2 Å². The van der Waals surface area contributed by atoms with E-state index in [2.05, 4.69) is 31.1 Å². The summed E-state index contributed by atoms with van der Waals surface area (Å²) < 4.78 is 33.0. The number of piperidine rings is 2. The molecule has 1 aromatic heterocycles. The maximum absolute atomic E-state index is 14.6. The molecule has 0 aliphatic carbocycles. The van der Waals surface area contributed by atoms with Crippen LogP contribution in [0, 0.1) is 11.8 Å². The number of halogens is 2. The number of nitrogens with zero attached hydrogens (tertiary/aromatic N) is 7. The number of rotatable bonds is 5. The molecule has 3 atom stereocenters. The van der Waals surface area contributed by atoms with Crippen molar-refractivity contribution in [2.45, 2.75) is 83.2 Å². The Morgan fingerprint density at radius 1 is 1.11 bits per heavy atom. The van der Waals surface area contributed by atoms with Gasteiger partial charge in [-0.05, 0) is 93.6 Å². The van der Waals surface area contributed by atoms with Crippen LogP contribution in [0.25, 0.3) is 11.1 Å². The standard InChI is InChI=1S/C36H47F2N8O/c1-23(47)43-13-9-33-32(22-43)36(41-46(33)20-25-14-28-5-6-29(15-25)45(28)19-24-7-10-39-11-8-24)44-12-3-4-26-16-30(27-18-40-42(2)21-27)31(35(37)38)17-34(26)44/h16-18,20-21,24-25,28-29,35,39H,3-15,19,22H2,1-2H3/q+1/b46-20-/t25?,28-,29+. The zero-order valence-electron chi connectivity index (χ0n) is 27.7. The van der Waals surface area contributed by atoms with Crippen LogP contribution in [0.5, 0.6) is 0 Å². The largest absolute Gasteiger partial charge is 0.338 e. The Morgan fingerprint density at radius 3 is 2.60 bits per heavy atom. The number of aryl methyl sites for hydroxylation is 2. The Morgan fingerprint density at radius 2 is 1.89 bits per heavy atom. The maximum atomic E-state index is 14.6. The zero-order valence-corrected chi connectivity index (χ0v) is 27.7. The molecule has 0 saturated carbocycles. The third-order valence-electron chi connectivity index (χ3n) is 11.6. The van der Waals surface area contributed by atoms with E-state index in [0.717, 1.165) is 79.5 Å². The van der Waals surface area contributed by atoms with Crippen molar-refractivity contribution in [1.29, 1.82) is 0 Å². The maximum Gasteiger partial charge on any atom is 0.264 e. The van der Waals surface area contributed by atoms with Gasteiger partial charge in [-0.1, -0.05) is 4.68 Å². The van der Waals surface area contributed by atoms with Crippen molar-refractivity contribution in [3.05, 3.63) is 46.9 Å². The molecule has 2 aromatic rings. The van der Waals surface area contributed by atoms with Gasteiger partial charge in [0.15, 0.2) is 6.21 Å². The zero-order chi connectivity index (χ0) is 32.2. The van der Waals surface area contributed by atoms with Crippen molar-refractivity contribution >= 4 is 23.6 Å². The Labute approximate surface area is 276 Å². The SMILES string of the molecule is CC(=O)N1CCC2=C(C1)C(N1CCCc3cc(-c4cnn(C)c4)c(C(F)F)cc31)=N/[N+]2=C\C1C[C@H]2CC[C@@H](C1)N2CC1CCNCC1. The number of carbonyl (C=O) groups excluding carboxylic acids is 1. The van der Waals surface area contributed by atoms with E-state index in [-0.39, 0.29) is 11.5 Å². The van der Waals surface area contributed by atoms with E-state index in [4.69, 9.17) is 5.10 Å². The smallest absolute Gasteiger partial charge is 0.264 e. The van der Waals surface area contributed by atoms with Crippen LogP contribution in [-0.4, -0.2) is 93.6 Å². The van der Waals surface area contributed by atoms with Crippen molar-refractivity contribution in [3.8, 4) is 11.1 Å². The molecule has 8 rings (SSSR count). The van der Waals surface area contributed by atoms with Gasteiger partial charge in [-0.3, -0.25) is 14.4 Å². The Balaban J connectivity index is 1.11. The summed E-state index contributed by atoms with van der Waals surface area (Å²) in [6.07, 6.45) is 13.1. The topological polar surface area (TPSA) is 72.0 Å². The highest BCUT2D eigenvalue weighted by Crippen LogP contribution is 2.42. The first-order valence-corrected chi connectivity index (χ1v) is 17.7. The third-order valence-corrected chi connectivity index (χ3v) is 11.6. The predicted molar refractivity (Wildman–Crippen MR) is 179 cm³/mol. The first-order chi connectivity index (χ1) is 22.8. The number of amidine groups is 1. The van der Waals surface area contributed by atoms with Crippen LogP contribution in [0.3, 0.4) is 0 Å². The van der Waals surface area contributed by atoms with Crippen molar-refractivity contribution < 1.29 is 18.3 Å². The molecule has 3 saturated heterocycles. The van der Waals surface area contributed by atoms with E-state index in [1.54, 1.807) is 37.1 Å². The fourth-order valence-corrected chi connectivity index (χ4v) is 9.20. The van der Waals surface area contributed by atoms with E-state index < -0.39 is 6.43 Å². The Bertz CT molecular complexity index is 1620. The van der Waals surface area contributed by atoms with Gasteiger partial charge < -0.3 is 15.1 Å². The highest BCUT2D eigenvalue weighted by Gasteiger charge is 2.45. The Kier molecular flexibility index (Phi) is 8.24. The van der Waals surface area contributed by atoms with Crippen LogP contribution in [0.4, 0.5) is 14.5 Å². The number of anilines is 1. The highest BCUT2D eigenvalue weighted by molar-refractivity contribution is 6.12. The second-order valence-electron chi connectivity index (χ2n) is 14.6. The van der Waals surface area contributed by atoms with Crippen molar-refractivity contribution in [3.63, 3.8) is 0 Å². The number of hydrazone groups is 1. The fourth-order valence-electron chi connectivity index (χ4n) is 9.20. The van der Waals surface area contributed by atoms with E-state index >= 15 is 0 Å². The van der Waals surface area contributed by atoms with Gasteiger partial charge in [0, 0.05) is 79.7 Å². The summed E-state index contributed by atoms with van der Waals surface area (Å²) in [6.45, 7) is 7.02. The van der Waals surface area contributed by atoms with Crippen LogP contribution < -0.4 is 10.2 Å². The van der Waals surface area contributed by atoms with Gasteiger partial charge in [0.2, 0.25) is 17.4 Å². The molecule has 1 amide bonds. The van der Waals surface area contributed by atoms with Gasteiger partial charge in [0.1, 0.15) is 0 Å². The molecule has 1 N–H and O–H groups in total. The van der Waals surface area contributed by atoms with Crippen LogP contribution >= 0.6 is 0 Å². The summed E-state index contributed by atoms with van der Waals surface area (Å²) in [7, 11) is 1.80. The molecule has 250 valence electrons. The number of hydrogen-bond donors (Lipinski definition) is 1. The van der Waals surface area contributed by atoms with Crippen LogP contribution in [0.2, 0.25) is 0 Å². The molecule has 1 unspecified atom stereocenters. The monoisotopic (exact) mass is 645 g/mol. The lowest BCUT2D eigenvalue weighted by molar-refractivity contribution is -0.479. The van der Waals surface area contributed by atoms with Crippen molar-refractivity contribution in [1.82, 2.24) is 24.9 Å². The number of alkyl halides is 2. The van der Waals surface area contributed by atoms with Crippen LogP contribution in [0.1, 0.15) is 75.8 Å². The summed E-state index contributed by atoms with van der Waals surface area (Å²) in [5, 5.41) is 13.0. The molecule has 0 spiro atoms. The van der Waals surface area contributed by atoms with Gasteiger partial charge in [-0.2, -0.15) is 5.10 Å². The highest BCUT2D eigenvalue weighted by atomic mass is 19.3. The number of nitrogens with one attached hydrogen (secondary N) is 1. The number of carbonyl (C=O) groups is 1. The lowest BCUT2D eigenvalue weighted by Crippen LogP contribution is -2.47. The van der Waals surface area contributed by atoms with E-state index in [1.165, 1.54) is 32.2 Å². The molecule has 6 aliphatic rings. The number of fused-ring (bicyclic) bond motifs is 3. The molecular weight excluding hydrogens is 598 g/mol.